The summed E-state index contributed by atoms with van der Waals surface area (Å²) < 4.78 is 0. The molecule has 1 aliphatic heterocycles. The Labute approximate surface area is 81.3 Å². The number of carbonyl (C=O) groups excluding carboxylic acids is 1. The molecule has 0 aromatic carbocycles. The Morgan fingerprint density at radius 2 is 2.15 bits per heavy atom. The van der Waals surface area contributed by atoms with Gasteiger partial charge in [-0.1, -0.05) is 19.8 Å². The largest absolute Gasteiger partial charge is 0.298 e. The molecular formula is C11H21NO. The maximum Gasteiger partial charge on any atom is 0.146 e. The van der Waals surface area contributed by atoms with Gasteiger partial charge in [0.25, 0.3) is 0 Å². The van der Waals surface area contributed by atoms with Crippen LogP contribution in [0.4, 0.5) is 0 Å². The fourth-order valence-corrected chi connectivity index (χ4v) is 1.91. The van der Waals surface area contributed by atoms with Crippen LogP contribution in [0, 0.1) is 0 Å². The van der Waals surface area contributed by atoms with Crippen molar-refractivity contribution in [3.8, 4) is 0 Å². The second-order valence-electron chi connectivity index (χ2n) is 4.06. The van der Waals surface area contributed by atoms with Crippen LogP contribution in [0.15, 0.2) is 0 Å². The second-order valence-corrected chi connectivity index (χ2v) is 4.06. The molecule has 0 spiro atoms. The molecule has 0 aromatic heterocycles. The lowest BCUT2D eigenvalue weighted by atomic mass is 10.1. The van der Waals surface area contributed by atoms with E-state index >= 15 is 0 Å². The van der Waals surface area contributed by atoms with Gasteiger partial charge in [0.15, 0.2) is 0 Å². The fraction of sp³-hybridized carbons (Fsp3) is 0.909. The Morgan fingerprint density at radius 3 is 2.85 bits per heavy atom. The SMILES string of the molecule is CCC(=O)CN1CCCCCC1C. The second kappa shape index (κ2) is 5.38. The highest BCUT2D eigenvalue weighted by molar-refractivity contribution is 5.80. The zero-order valence-corrected chi connectivity index (χ0v) is 8.88. The van der Waals surface area contributed by atoms with Crippen LogP contribution in [0.2, 0.25) is 0 Å². The summed E-state index contributed by atoms with van der Waals surface area (Å²) in [4.78, 5) is 13.6. The van der Waals surface area contributed by atoms with Crippen LogP contribution in [0.1, 0.15) is 46.0 Å². The molecule has 1 fully saturated rings. The number of rotatable bonds is 3. The molecule has 0 bridgehead atoms. The maximum atomic E-state index is 11.3. The van der Waals surface area contributed by atoms with E-state index in [1.807, 2.05) is 6.92 Å². The summed E-state index contributed by atoms with van der Waals surface area (Å²) in [6.07, 6.45) is 5.88. The van der Waals surface area contributed by atoms with Gasteiger partial charge in [0.05, 0.1) is 6.54 Å². The van der Waals surface area contributed by atoms with Crippen molar-refractivity contribution in [1.29, 1.82) is 0 Å². The molecule has 1 aliphatic rings. The molecule has 1 heterocycles. The van der Waals surface area contributed by atoms with E-state index in [0.717, 1.165) is 6.54 Å². The third-order valence-electron chi connectivity index (χ3n) is 2.96. The zero-order valence-electron chi connectivity index (χ0n) is 8.88. The van der Waals surface area contributed by atoms with Gasteiger partial charge in [-0.25, -0.2) is 0 Å². The van der Waals surface area contributed by atoms with E-state index < -0.39 is 0 Å². The molecule has 2 heteroatoms. The van der Waals surface area contributed by atoms with Gasteiger partial charge in [-0.15, -0.1) is 0 Å². The molecule has 0 saturated carbocycles. The van der Waals surface area contributed by atoms with Gasteiger partial charge in [-0.3, -0.25) is 9.69 Å². The molecule has 1 atom stereocenters. The van der Waals surface area contributed by atoms with Crippen molar-refractivity contribution in [2.24, 2.45) is 0 Å². The predicted molar refractivity (Wildman–Crippen MR) is 54.8 cm³/mol. The first kappa shape index (κ1) is 10.7. The molecule has 2 nitrogen and oxygen atoms in total. The minimum absolute atomic E-state index is 0.383. The van der Waals surface area contributed by atoms with Gasteiger partial charge >= 0.3 is 0 Å². The Hall–Kier alpha value is -0.370. The first-order chi connectivity index (χ1) is 6.24. The summed E-state index contributed by atoms with van der Waals surface area (Å²) in [5.41, 5.74) is 0. The van der Waals surface area contributed by atoms with Crippen molar-refractivity contribution < 1.29 is 4.79 Å². The minimum atomic E-state index is 0.383. The van der Waals surface area contributed by atoms with Gasteiger partial charge < -0.3 is 0 Å². The Morgan fingerprint density at radius 1 is 1.38 bits per heavy atom. The van der Waals surface area contributed by atoms with E-state index in [1.54, 1.807) is 0 Å². The molecule has 0 radical (unpaired) electrons. The molecule has 0 aromatic rings. The van der Waals surface area contributed by atoms with Gasteiger partial charge in [0.2, 0.25) is 0 Å². The molecule has 1 saturated heterocycles. The van der Waals surface area contributed by atoms with Gasteiger partial charge in [0, 0.05) is 12.5 Å². The lowest BCUT2D eigenvalue weighted by Crippen LogP contribution is -2.36. The Bertz CT molecular complexity index is 167. The molecule has 76 valence electrons. The van der Waals surface area contributed by atoms with Crippen molar-refractivity contribution >= 4 is 5.78 Å². The van der Waals surface area contributed by atoms with Crippen LogP contribution in [-0.2, 0) is 4.79 Å². The summed E-state index contributed by atoms with van der Waals surface area (Å²) in [6, 6.07) is 0.609. The van der Waals surface area contributed by atoms with Crippen LogP contribution in [0.25, 0.3) is 0 Å². The third-order valence-corrected chi connectivity index (χ3v) is 2.96. The molecule has 1 rings (SSSR count). The van der Waals surface area contributed by atoms with Crippen LogP contribution in [-0.4, -0.2) is 29.8 Å². The zero-order chi connectivity index (χ0) is 9.68. The van der Waals surface area contributed by atoms with Crippen molar-refractivity contribution in [3.63, 3.8) is 0 Å². The van der Waals surface area contributed by atoms with Gasteiger partial charge in [0.1, 0.15) is 5.78 Å². The van der Waals surface area contributed by atoms with E-state index in [9.17, 15) is 4.79 Å². The van der Waals surface area contributed by atoms with Crippen LogP contribution >= 0.6 is 0 Å². The normalized spacial score (nSPS) is 25.5. The highest BCUT2D eigenvalue weighted by Gasteiger charge is 2.18. The third kappa shape index (κ3) is 3.47. The van der Waals surface area contributed by atoms with E-state index in [1.165, 1.54) is 25.7 Å². The monoisotopic (exact) mass is 183 g/mol. The minimum Gasteiger partial charge on any atom is -0.298 e. The highest BCUT2D eigenvalue weighted by atomic mass is 16.1. The number of Topliss-reactive ketones (excluding diaryl/α,β-unsaturated/α-hetero) is 1. The number of likely N-dealkylation sites (tertiary alicyclic amines) is 1. The van der Waals surface area contributed by atoms with Crippen molar-refractivity contribution in [2.45, 2.75) is 52.0 Å². The lowest BCUT2D eigenvalue weighted by molar-refractivity contribution is -0.120. The van der Waals surface area contributed by atoms with Crippen molar-refractivity contribution in [1.82, 2.24) is 4.90 Å². The van der Waals surface area contributed by atoms with Crippen LogP contribution < -0.4 is 0 Å². The summed E-state index contributed by atoms with van der Waals surface area (Å²) in [5, 5.41) is 0. The number of carbonyl (C=O) groups is 1. The average Bonchev–Trinajstić information content (AvgIpc) is 2.32. The lowest BCUT2D eigenvalue weighted by Gasteiger charge is -2.25. The van der Waals surface area contributed by atoms with E-state index in [-0.39, 0.29) is 0 Å². The van der Waals surface area contributed by atoms with Gasteiger partial charge in [-0.2, -0.15) is 0 Å². The van der Waals surface area contributed by atoms with Crippen LogP contribution in [0.3, 0.4) is 0 Å². The number of hydrogen-bond donors (Lipinski definition) is 0. The number of ketones is 1. The first-order valence-corrected chi connectivity index (χ1v) is 5.49. The van der Waals surface area contributed by atoms with E-state index in [2.05, 4.69) is 11.8 Å². The fourth-order valence-electron chi connectivity index (χ4n) is 1.91. The average molecular weight is 183 g/mol. The van der Waals surface area contributed by atoms with Crippen LogP contribution in [0.5, 0.6) is 0 Å². The number of nitrogens with zero attached hydrogens (tertiary/aromatic N) is 1. The molecule has 0 amide bonds. The molecular weight excluding hydrogens is 162 g/mol. The summed E-state index contributed by atoms with van der Waals surface area (Å²) in [7, 11) is 0. The Kier molecular flexibility index (Phi) is 4.43. The molecule has 0 aliphatic carbocycles. The number of hydrogen-bond acceptors (Lipinski definition) is 2. The Balaban J connectivity index is 2.40. The summed E-state index contributed by atoms with van der Waals surface area (Å²) >= 11 is 0. The summed E-state index contributed by atoms with van der Waals surface area (Å²) in [6.45, 7) is 5.99. The van der Waals surface area contributed by atoms with Gasteiger partial charge in [-0.05, 0) is 26.3 Å². The van der Waals surface area contributed by atoms with Crippen molar-refractivity contribution in [2.75, 3.05) is 13.1 Å². The van der Waals surface area contributed by atoms with Crippen molar-refractivity contribution in [3.05, 3.63) is 0 Å². The first-order valence-electron chi connectivity index (χ1n) is 5.49. The summed E-state index contributed by atoms with van der Waals surface area (Å²) in [5.74, 6) is 0.383. The standard InChI is InChI=1S/C11H21NO/c1-3-11(13)9-12-8-6-4-5-7-10(12)2/h10H,3-9H2,1-2H3. The molecule has 13 heavy (non-hydrogen) atoms. The van der Waals surface area contributed by atoms with E-state index in [0.29, 0.717) is 24.8 Å². The highest BCUT2D eigenvalue weighted by Crippen LogP contribution is 2.15. The van der Waals surface area contributed by atoms with E-state index in [4.69, 9.17) is 0 Å². The quantitative estimate of drug-likeness (QED) is 0.668. The maximum absolute atomic E-state index is 11.3. The molecule has 0 N–H and O–H groups in total. The predicted octanol–water partition coefficient (Wildman–Crippen LogP) is 2.23. The smallest absolute Gasteiger partial charge is 0.146 e. The topological polar surface area (TPSA) is 20.3 Å². The molecule has 1 unspecified atom stereocenters.